The smallest absolute Gasteiger partial charge is 0.407 e. The van der Waals surface area contributed by atoms with Crippen molar-refractivity contribution in [2.24, 2.45) is 21.0 Å². The van der Waals surface area contributed by atoms with E-state index in [0.29, 0.717) is 56.6 Å². The molecule has 0 aromatic heterocycles. The van der Waals surface area contributed by atoms with Crippen LogP contribution in [0.5, 0.6) is 0 Å². The van der Waals surface area contributed by atoms with Gasteiger partial charge in [0.1, 0.15) is 34.9 Å². The summed E-state index contributed by atoms with van der Waals surface area (Å²) in [7, 11) is 0. The van der Waals surface area contributed by atoms with Crippen LogP contribution in [0.3, 0.4) is 0 Å². The Hall–Kier alpha value is -7.10. The Bertz CT molecular complexity index is 3080. The summed E-state index contributed by atoms with van der Waals surface area (Å²) >= 11 is 4.30. The number of aliphatic hydroxyl groups is 6. The zero-order chi connectivity index (χ0) is 88.3. The number of aliphatic hydroxyl groups excluding tert-OH is 5. The lowest BCUT2D eigenvalue weighted by Crippen LogP contribution is -2.53. The number of ketones is 2. The van der Waals surface area contributed by atoms with Crippen molar-refractivity contribution in [2.45, 2.75) is 321 Å². The molecular formula is C83H149ClN10O19. The van der Waals surface area contributed by atoms with Gasteiger partial charge in [-0.15, -0.1) is 16.6 Å². The molecular weight excluding hydrogens is 1480 g/mol. The van der Waals surface area contributed by atoms with E-state index in [0.717, 1.165) is 104 Å². The molecule has 5 rings (SSSR count). The normalized spacial score (nSPS) is 21.6. The molecule has 0 spiro atoms. The summed E-state index contributed by atoms with van der Waals surface area (Å²) in [5, 5.41) is 91.7. The van der Waals surface area contributed by atoms with Gasteiger partial charge in [-0.3, -0.25) is 29.5 Å². The predicted octanol–water partition coefficient (Wildman–Crippen LogP) is 13.6. The standard InChI is InChI=1S/C14H24N2O3.C14H25NO4.C9H15NO2.3C9H17NO2.C9H15NO.C5H9NO.C5H8O.ClH2NO/c1-6-10(2)12-9-11(19-16-12)7-8-15-13(17)18-14(3,4)5;1-6-10(2)12(17)9-11(16)7-8-15-13(18)19-14(3,4)5;1-3-7(2)9-6-8(11)4-5-10(9)12-9;1-3-7(2)9(12)6-8(11)4-5-10-9;1-5-6-7-10-8(11)12-9(2,3)4;1-3-7(2)9(12)6-8(11)4-5-10;1-3-7(2)9-6-8(11)4-5-10-9;1-3-5(2)4-6-7;1-3-5(2)4-6;1-2-3/h6,11H,7-9H2,1-5H3,(H,15,17);6,11,16H,7-9H2,1-5H3,(H,15,18);3,8,11H,4-6H2,1-2H3;3,8,10-12H,4-6H2,1-2H3;5H,1,6-7H2,2-4H3,(H,10,11);3,8,11H,4-6,10H2,1-2H3;3,8,11H,4-6H2,1-2H3;3-4,7H,1-2H3;3-4H,1-2H3;2-3H/b2*10-6+;2*7-3+;;2*7-3+;5-3+,6-4+;5-3+;. The molecule has 0 radical (unpaired) electrons. The first-order chi connectivity index (χ1) is 52.6. The molecule has 3 fully saturated rings. The van der Waals surface area contributed by atoms with E-state index in [-0.39, 0.29) is 67.2 Å². The van der Waals surface area contributed by atoms with Crippen LogP contribution in [0.25, 0.3) is 0 Å². The van der Waals surface area contributed by atoms with Gasteiger partial charge in [0.2, 0.25) is 0 Å². The molecule has 0 aliphatic carbocycles. The zero-order valence-electron chi connectivity index (χ0n) is 73.0. The Morgan fingerprint density at radius 1 is 0.655 bits per heavy atom. The summed E-state index contributed by atoms with van der Waals surface area (Å²) in [6, 6.07) is 0. The second-order valence-electron chi connectivity index (χ2n) is 29.9. The van der Waals surface area contributed by atoms with Crippen molar-refractivity contribution in [1.29, 1.82) is 0 Å². The molecule has 0 bridgehead atoms. The summed E-state index contributed by atoms with van der Waals surface area (Å²) in [5.74, 6) is -0.0780. The van der Waals surface area contributed by atoms with Crippen LogP contribution in [-0.2, 0) is 38.3 Å². The van der Waals surface area contributed by atoms with Gasteiger partial charge in [0.25, 0.3) is 0 Å². The number of ether oxygens (including phenoxy) is 3. The van der Waals surface area contributed by atoms with Crippen molar-refractivity contribution in [3.8, 4) is 0 Å². The molecule has 0 aromatic rings. The highest BCUT2D eigenvalue weighted by Gasteiger charge is 2.59. The fraction of sp³-hybridized carbons (Fsp3) is 0.675. The zero-order valence-corrected chi connectivity index (χ0v) is 73.7. The summed E-state index contributed by atoms with van der Waals surface area (Å²) in [4.78, 5) is 82.5. The van der Waals surface area contributed by atoms with Gasteiger partial charge in [-0.2, -0.15) is 0 Å². The van der Waals surface area contributed by atoms with Crippen LogP contribution >= 0.6 is 11.8 Å². The Kier molecular flexibility index (Phi) is 64.9. The summed E-state index contributed by atoms with van der Waals surface area (Å²) in [6.45, 7) is 54.3. The third-order valence-corrected chi connectivity index (χ3v) is 16.8. The fourth-order valence-corrected chi connectivity index (χ4v) is 9.14. The second kappa shape index (κ2) is 64.1. The molecule has 0 aromatic carbocycles. The third kappa shape index (κ3) is 61.0. The van der Waals surface area contributed by atoms with E-state index in [4.69, 9.17) is 40.0 Å². The molecule has 113 heavy (non-hydrogen) atoms. The van der Waals surface area contributed by atoms with Crippen LogP contribution in [-0.4, -0.2) is 211 Å². The van der Waals surface area contributed by atoms with E-state index in [9.17, 15) is 59.4 Å². The Morgan fingerprint density at radius 2 is 1.12 bits per heavy atom. The second-order valence-corrected chi connectivity index (χ2v) is 30.1. The van der Waals surface area contributed by atoms with E-state index in [1.165, 1.54) is 22.4 Å². The molecule has 3 saturated heterocycles. The van der Waals surface area contributed by atoms with Crippen LogP contribution in [0.2, 0.25) is 0 Å². The first kappa shape index (κ1) is 114. The average Bonchev–Trinajstić information content (AvgIpc) is 1.57. The van der Waals surface area contributed by atoms with Crippen molar-refractivity contribution in [3.05, 3.63) is 106 Å². The average molecular weight is 1630 g/mol. The minimum absolute atomic E-state index is 0.00144. The van der Waals surface area contributed by atoms with Gasteiger partial charge in [0.05, 0.1) is 42.4 Å². The maximum absolute atomic E-state index is 11.5. The number of rotatable bonds is 23. The van der Waals surface area contributed by atoms with Gasteiger partial charge in [-0.1, -0.05) is 65.0 Å². The molecule has 5 aliphatic heterocycles. The van der Waals surface area contributed by atoms with Gasteiger partial charge in [-0.25, -0.2) is 14.4 Å². The van der Waals surface area contributed by atoms with Crippen molar-refractivity contribution in [1.82, 2.24) is 31.3 Å². The SMILES string of the molecule is C/C=C(C)/C=N/O.C/C=C(\C)C(=O)CC(O)CCN.C/C=C(\C)C(=O)CC(O)CCNC(=O)OC(C)(C)C.C/C=C(\C)C1(O)CC(O)CCN1.C/C=C(\C)C12CC(O)CCN1O2.C/C=C(\C)C1=NCCC(O)C1.C/C=C(\C)C1=NOC(CCNC(=O)OC(C)(C)C)C1.C/C=C(\C)C=O.C=CCCNC(=O)OC(C)(C)C.ONCl. The van der Waals surface area contributed by atoms with E-state index in [2.05, 4.69) is 67.9 Å². The van der Waals surface area contributed by atoms with E-state index >= 15 is 0 Å². The van der Waals surface area contributed by atoms with Gasteiger partial charge in [-0.05, 0) is 263 Å². The number of hydrogen-bond acceptors (Lipinski definition) is 26. The number of piperidine rings is 2. The number of oxime groups is 2. The lowest BCUT2D eigenvalue weighted by atomic mass is 9.92. The Labute approximate surface area is 681 Å². The van der Waals surface area contributed by atoms with E-state index < -0.39 is 46.9 Å². The molecule has 3 amide bonds. The van der Waals surface area contributed by atoms with E-state index in [1.54, 1.807) is 72.8 Å². The van der Waals surface area contributed by atoms with Crippen molar-refractivity contribution in [2.75, 3.05) is 45.8 Å². The number of allylic oxidation sites excluding steroid dienone is 14. The van der Waals surface area contributed by atoms with Crippen LogP contribution in [0.4, 0.5) is 14.4 Å². The minimum Gasteiger partial charge on any atom is -0.444 e. The van der Waals surface area contributed by atoms with Crippen LogP contribution < -0.4 is 32.0 Å². The van der Waals surface area contributed by atoms with Gasteiger partial charge in [0, 0.05) is 102 Å². The topological polar surface area (TPSA) is 440 Å². The number of nitrogens with zero attached hydrogens (tertiary/aromatic N) is 4. The number of aldehydes is 1. The molecule has 9 unspecified atom stereocenters. The highest BCUT2D eigenvalue weighted by Crippen LogP contribution is 2.48. The number of alkyl carbamates (subject to hydrolysis) is 3. The fourth-order valence-electron chi connectivity index (χ4n) is 9.14. The largest absolute Gasteiger partial charge is 0.444 e. The number of hydroxylamine groups is 2. The monoisotopic (exact) mass is 1630 g/mol. The molecule has 29 nitrogen and oxygen atoms in total. The summed E-state index contributed by atoms with van der Waals surface area (Å²) < 4.78 is 15.2. The molecule has 15 N–H and O–H groups in total. The van der Waals surface area contributed by atoms with Gasteiger partial charge in [0.15, 0.2) is 17.3 Å². The number of halogens is 1. The molecule has 0 saturated carbocycles. The third-order valence-electron chi connectivity index (χ3n) is 16.8. The number of nitrogens with one attached hydrogen (secondary N) is 5. The lowest BCUT2D eigenvalue weighted by molar-refractivity contribution is -0.118. The van der Waals surface area contributed by atoms with Gasteiger partial charge < -0.3 is 81.8 Å². The maximum Gasteiger partial charge on any atom is 0.407 e. The highest BCUT2D eigenvalue weighted by molar-refractivity contribution is 6.12. The number of amides is 3. The lowest BCUT2D eigenvalue weighted by Gasteiger charge is -2.36. The van der Waals surface area contributed by atoms with Crippen LogP contribution in [0.15, 0.2) is 121 Å². The molecule has 652 valence electrons. The Balaban J connectivity index is -0.000000392. The van der Waals surface area contributed by atoms with Crippen molar-refractivity contribution < 1.29 is 93.7 Å². The van der Waals surface area contributed by atoms with E-state index in [1.807, 2.05) is 147 Å². The Morgan fingerprint density at radius 3 is 1.50 bits per heavy atom. The van der Waals surface area contributed by atoms with Crippen molar-refractivity contribution in [3.63, 3.8) is 0 Å². The number of fused-ring (bicyclic) bond motifs is 1. The van der Waals surface area contributed by atoms with Crippen LogP contribution in [0, 0.1) is 0 Å². The number of hydrogen-bond donors (Lipinski definition) is 14. The number of aliphatic imine (C=N–C) groups is 1. The van der Waals surface area contributed by atoms with Gasteiger partial charge >= 0.3 is 18.3 Å². The number of nitrogens with two attached hydrogens (primary N) is 1. The van der Waals surface area contributed by atoms with Crippen molar-refractivity contribution >= 4 is 65.5 Å². The first-order valence-corrected chi connectivity index (χ1v) is 39.0. The van der Waals surface area contributed by atoms with Crippen LogP contribution in [0.1, 0.15) is 257 Å². The molecule has 5 aliphatic rings. The minimum atomic E-state index is -0.980. The predicted molar refractivity (Wildman–Crippen MR) is 453 cm³/mol. The quantitative estimate of drug-likeness (QED) is 0.00432. The molecule has 30 heteroatoms. The first-order valence-electron chi connectivity index (χ1n) is 38.6. The maximum atomic E-state index is 11.5. The highest BCUT2D eigenvalue weighted by atomic mass is 35.5. The molecule has 5 heterocycles. The summed E-state index contributed by atoms with van der Waals surface area (Å²) in [5.41, 5.74) is 12.2. The summed E-state index contributed by atoms with van der Waals surface area (Å²) in [6.07, 6.45) is 23.3. The number of carbonyl (C=O) groups excluding carboxylic acids is 6. The molecule has 9 atom stereocenters. The number of carbonyl (C=O) groups is 6. The number of Topliss-reactive ketones (excluding diaryl/α,β-unsaturated/α-hetero) is 2.